The number of carbonyl (C=O) groups is 2. The molecule has 0 aliphatic carbocycles. The maximum atomic E-state index is 12.9. The van der Waals surface area contributed by atoms with Crippen molar-refractivity contribution in [1.29, 1.82) is 0 Å². The van der Waals surface area contributed by atoms with Crippen LogP contribution in [0.5, 0.6) is 0 Å². The van der Waals surface area contributed by atoms with Gasteiger partial charge in [0.05, 0.1) is 0 Å². The molecule has 4 nitrogen and oxygen atoms in total. The molecule has 0 radical (unpaired) electrons. The summed E-state index contributed by atoms with van der Waals surface area (Å²) in [5, 5.41) is 0. The maximum Gasteiger partial charge on any atom is 0.223 e. The first-order valence-corrected chi connectivity index (χ1v) is 8.75. The lowest BCUT2D eigenvalue weighted by atomic mass is 9.92. The van der Waals surface area contributed by atoms with E-state index in [0.717, 1.165) is 12.0 Å². The van der Waals surface area contributed by atoms with Crippen LogP contribution < -0.4 is 5.73 Å². The molecule has 0 saturated heterocycles. The summed E-state index contributed by atoms with van der Waals surface area (Å²) >= 11 is 0. The number of nitrogens with zero attached hydrogens (tertiary/aromatic N) is 1. The minimum atomic E-state index is -0.388. The third-order valence-corrected chi connectivity index (χ3v) is 4.38. The molecule has 2 amide bonds. The smallest absolute Gasteiger partial charge is 0.223 e. The number of rotatable bonds is 9. The summed E-state index contributed by atoms with van der Waals surface area (Å²) < 4.78 is 0. The Morgan fingerprint density at radius 2 is 1.60 bits per heavy atom. The van der Waals surface area contributed by atoms with Crippen molar-refractivity contribution in [2.75, 3.05) is 6.54 Å². The first kappa shape index (κ1) is 18.7. The van der Waals surface area contributed by atoms with E-state index in [4.69, 9.17) is 5.73 Å². The molecule has 132 valence electrons. The molecule has 2 aromatic rings. The van der Waals surface area contributed by atoms with Crippen molar-refractivity contribution in [1.82, 2.24) is 4.90 Å². The van der Waals surface area contributed by atoms with E-state index in [2.05, 4.69) is 19.1 Å². The molecule has 4 heteroatoms. The van der Waals surface area contributed by atoms with Crippen LogP contribution in [0.3, 0.4) is 0 Å². The second kappa shape index (κ2) is 9.62. The van der Waals surface area contributed by atoms with Gasteiger partial charge in [0.25, 0.3) is 0 Å². The zero-order valence-corrected chi connectivity index (χ0v) is 14.7. The summed E-state index contributed by atoms with van der Waals surface area (Å²) in [6.07, 6.45) is 1.51. The van der Waals surface area contributed by atoms with Crippen molar-refractivity contribution in [3.63, 3.8) is 0 Å². The van der Waals surface area contributed by atoms with Gasteiger partial charge in [0, 0.05) is 25.9 Å². The molecule has 2 N–H and O–H groups in total. The monoisotopic (exact) mass is 338 g/mol. The van der Waals surface area contributed by atoms with Gasteiger partial charge in [0.1, 0.15) is 0 Å². The average Bonchev–Trinajstić information content (AvgIpc) is 2.64. The van der Waals surface area contributed by atoms with Crippen LogP contribution in [-0.4, -0.2) is 23.3 Å². The number of carbonyl (C=O) groups excluding carboxylic acids is 2. The van der Waals surface area contributed by atoms with Crippen LogP contribution in [0.1, 0.15) is 43.2 Å². The number of nitrogens with two attached hydrogens (primary N) is 1. The number of primary amides is 1. The van der Waals surface area contributed by atoms with Gasteiger partial charge in [-0.3, -0.25) is 9.59 Å². The first-order valence-electron chi connectivity index (χ1n) is 8.75. The quantitative estimate of drug-likeness (QED) is 0.761. The van der Waals surface area contributed by atoms with Crippen molar-refractivity contribution >= 4 is 11.8 Å². The highest BCUT2D eigenvalue weighted by Gasteiger charge is 2.20. The second-order valence-electron chi connectivity index (χ2n) is 6.24. The maximum absolute atomic E-state index is 12.9. The van der Waals surface area contributed by atoms with Gasteiger partial charge in [-0.15, -0.1) is 0 Å². The molecule has 0 heterocycles. The molecule has 0 aliphatic heterocycles. The molecule has 1 atom stereocenters. The topological polar surface area (TPSA) is 63.4 Å². The van der Waals surface area contributed by atoms with Gasteiger partial charge in [0.2, 0.25) is 11.8 Å². The van der Waals surface area contributed by atoms with Crippen molar-refractivity contribution in [2.45, 2.75) is 38.6 Å². The van der Waals surface area contributed by atoms with Crippen LogP contribution in [0, 0.1) is 0 Å². The Morgan fingerprint density at radius 3 is 2.16 bits per heavy atom. The Balaban J connectivity index is 2.09. The summed E-state index contributed by atoms with van der Waals surface area (Å²) in [6, 6.07) is 19.9. The standard InChI is InChI=1S/C21H26N2O2/c1-2-18(19-11-7-4-8-12-19)15-21(25)23(14-13-20(22)24)16-17-9-5-3-6-10-17/h3-12,18H,2,13-16H2,1H3,(H2,22,24). The molecule has 0 aliphatic rings. The van der Waals surface area contributed by atoms with Gasteiger partial charge in [-0.05, 0) is 23.5 Å². The van der Waals surface area contributed by atoms with Gasteiger partial charge in [0.15, 0.2) is 0 Å². The number of amides is 2. The van der Waals surface area contributed by atoms with Crippen LogP contribution in [0.2, 0.25) is 0 Å². The van der Waals surface area contributed by atoms with E-state index in [0.29, 0.717) is 19.5 Å². The third-order valence-electron chi connectivity index (χ3n) is 4.38. The molecule has 2 aromatic carbocycles. The molecule has 2 rings (SSSR count). The normalized spacial score (nSPS) is 11.7. The first-order chi connectivity index (χ1) is 12.1. The SMILES string of the molecule is CCC(CC(=O)N(CCC(N)=O)Cc1ccccc1)c1ccccc1. The summed E-state index contributed by atoms with van der Waals surface area (Å²) in [7, 11) is 0. The molecule has 25 heavy (non-hydrogen) atoms. The van der Waals surface area contributed by atoms with Crippen LogP contribution in [-0.2, 0) is 16.1 Å². The Morgan fingerprint density at radius 1 is 1.00 bits per heavy atom. The highest BCUT2D eigenvalue weighted by molar-refractivity contribution is 5.79. The van der Waals surface area contributed by atoms with Gasteiger partial charge >= 0.3 is 0 Å². The Kier molecular flexibility index (Phi) is 7.20. The summed E-state index contributed by atoms with van der Waals surface area (Å²) in [5.74, 6) is -0.151. The molecular formula is C21H26N2O2. The van der Waals surface area contributed by atoms with E-state index in [1.807, 2.05) is 48.5 Å². The van der Waals surface area contributed by atoms with Gasteiger partial charge < -0.3 is 10.6 Å². The van der Waals surface area contributed by atoms with E-state index in [-0.39, 0.29) is 24.2 Å². The van der Waals surface area contributed by atoms with Gasteiger partial charge in [-0.2, -0.15) is 0 Å². The Bertz CT molecular complexity index is 671. The molecule has 1 unspecified atom stereocenters. The fourth-order valence-electron chi connectivity index (χ4n) is 2.90. The summed E-state index contributed by atoms with van der Waals surface area (Å²) in [5.41, 5.74) is 7.50. The summed E-state index contributed by atoms with van der Waals surface area (Å²) in [6.45, 7) is 2.95. The highest BCUT2D eigenvalue weighted by Crippen LogP contribution is 2.24. The minimum Gasteiger partial charge on any atom is -0.370 e. The van der Waals surface area contributed by atoms with E-state index >= 15 is 0 Å². The molecule has 0 saturated carbocycles. The Labute approximate surface area is 149 Å². The average molecular weight is 338 g/mol. The van der Waals surface area contributed by atoms with E-state index < -0.39 is 0 Å². The van der Waals surface area contributed by atoms with Crippen molar-refractivity contribution in [3.8, 4) is 0 Å². The lowest BCUT2D eigenvalue weighted by Gasteiger charge is -2.25. The second-order valence-corrected chi connectivity index (χ2v) is 6.24. The molecule has 0 spiro atoms. The van der Waals surface area contributed by atoms with Gasteiger partial charge in [-0.1, -0.05) is 67.6 Å². The predicted molar refractivity (Wildman–Crippen MR) is 99.8 cm³/mol. The summed E-state index contributed by atoms with van der Waals surface area (Å²) in [4.78, 5) is 25.8. The highest BCUT2D eigenvalue weighted by atomic mass is 16.2. The van der Waals surface area contributed by atoms with E-state index in [1.165, 1.54) is 5.56 Å². The fraction of sp³-hybridized carbons (Fsp3) is 0.333. The van der Waals surface area contributed by atoms with Crippen LogP contribution in [0.4, 0.5) is 0 Å². The van der Waals surface area contributed by atoms with Crippen molar-refractivity contribution in [3.05, 3.63) is 71.8 Å². The van der Waals surface area contributed by atoms with Gasteiger partial charge in [-0.25, -0.2) is 0 Å². The lowest BCUT2D eigenvalue weighted by molar-refractivity contribution is -0.132. The molecule has 0 aromatic heterocycles. The minimum absolute atomic E-state index is 0.0563. The zero-order chi connectivity index (χ0) is 18.1. The Hall–Kier alpha value is -2.62. The lowest BCUT2D eigenvalue weighted by Crippen LogP contribution is -2.34. The number of hydrogen-bond acceptors (Lipinski definition) is 2. The molecular weight excluding hydrogens is 312 g/mol. The van der Waals surface area contributed by atoms with Crippen LogP contribution in [0.15, 0.2) is 60.7 Å². The molecule has 0 fully saturated rings. The number of hydrogen-bond donors (Lipinski definition) is 1. The van der Waals surface area contributed by atoms with E-state index in [1.54, 1.807) is 4.90 Å². The molecule has 0 bridgehead atoms. The zero-order valence-electron chi connectivity index (χ0n) is 14.7. The predicted octanol–water partition coefficient (Wildman–Crippen LogP) is 3.47. The van der Waals surface area contributed by atoms with E-state index in [9.17, 15) is 9.59 Å². The van der Waals surface area contributed by atoms with Crippen LogP contribution in [0.25, 0.3) is 0 Å². The van der Waals surface area contributed by atoms with Crippen molar-refractivity contribution < 1.29 is 9.59 Å². The number of benzene rings is 2. The largest absolute Gasteiger partial charge is 0.370 e. The van der Waals surface area contributed by atoms with Crippen molar-refractivity contribution in [2.24, 2.45) is 5.73 Å². The fourth-order valence-corrected chi connectivity index (χ4v) is 2.90. The third kappa shape index (κ3) is 6.07. The van der Waals surface area contributed by atoms with Crippen LogP contribution >= 0.6 is 0 Å².